The molecule has 0 aromatic rings. The van der Waals surface area contributed by atoms with Gasteiger partial charge in [0.05, 0.1) is 0 Å². The minimum Gasteiger partial charge on any atom is -0.305 e. The summed E-state index contributed by atoms with van der Waals surface area (Å²) in [5.74, 6) is 0. The third kappa shape index (κ3) is 4.12. The molecule has 12 heavy (non-hydrogen) atoms. The van der Waals surface area contributed by atoms with Crippen LogP contribution in [0.3, 0.4) is 0 Å². The first-order chi connectivity index (χ1) is 5.45. The molecule has 0 saturated carbocycles. The fraction of sp³-hybridized carbons (Fsp3) is 0.545. The number of hydrogen-bond acceptors (Lipinski definition) is 1. The topological polar surface area (TPSA) is 23.9 Å². The van der Waals surface area contributed by atoms with Crippen molar-refractivity contribution in [2.75, 3.05) is 0 Å². The van der Waals surface area contributed by atoms with E-state index >= 15 is 0 Å². The molecular weight excluding hydrogens is 146 g/mol. The molecule has 0 saturated heterocycles. The van der Waals surface area contributed by atoms with Crippen molar-refractivity contribution >= 4 is 5.71 Å². The second-order valence-electron chi connectivity index (χ2n) is 3.59. The Morgan fingerprint density at radius 1 is 1.08 bits per heavy atom. The molecule has 1 nitrogen and oxygen atoms in total. The van der Waals surface area contributed by atoms with Gasteiger partial charge in [-0.15, -0.1) is 0 Å². The fourth-order valence-electron chi connectivity index (χ4n) is 1.04. The van der Waals surface area contributed by atoms with E-state index in [9.17, 15) is 0 Å². The number of allylic oxidation sites excluding steroid dienone is 4. The largest absolute Gasteiger partial charge is 0.305 e. The minimum atomic E-state index is 0.688. The van der Waals surface area contributed by atoms with Gasteiger partial charge in [0.2, 0.25) is 0 Å². The predicted molar refractivity (Wildman–Crippen MR) is 55.8 cm³/mol. The van der Waals surface area contributed by atoms with Crippen molar-refractivity contribution in [3.05, 3.63) is 22.8 Å². The second kappa shape index (κ2) is 4.91. The highest BCUT2D eigenvalue weighted by Gasteiger charge is 1.99. The molecule has 0 aliphatic rings. The second-order valence-corrected chi connectivity index (χ2v) is 3.59. The predicted octanol–water partition coefficient (Wildman–Crippen LogP) is 3.72. The van der Waals surface area contributed by atoms with Crippen LogP contribution in [0.4, 0.5) is 0 Å². The van der Waals surface area contributed by atoms with E-state index in [1.807, 2.05) is 6.92 Å². The lowest BCUT2D eigenvalue weighted by Crippen LogP contribution is -1.96. The zero-order valence-corrected chi connectivity index (χ0v) is 8.78. The lowest BCUT2D eigenvalue weighted by atomic mass is 10.0. The van der Waals surface area contributed by atoms with Crippen molar-refractivity contribution in [1.29, 1.82) is 5.41 Å². The van der Waals surface area contributed by atoms with Crippen molar-refractivity contribution in [3.8, 4) is 0 Å². The van der Waals surface area contributed by atoms with E-state index in [2.05, 4.69) is 33.8 Å². The van der Waals surface area contributed by atoms with Crippen LogP contribution in [0.5, 0.6) is 0 Å². The van der Waals surface area contributed by atoms with Crippen LogP contribution in [-0.4, -0.2) is 5.71 Å². The van der Waals surface area contributed by atoms with Gasteiger partial charge in [0.25, 0.3) is 0 Å². The van der Waals surface area contributed by atoms with Gasteiger partial charge in [-0.25, -0.2) is 0 Å². The van der Waals surface area contributed by atoms with Gasteiger partial charge in [0, 0.05) is 5.71 Å². The maximum Gasteiger partial charge on any atom is 0.0317 e. The number of rotatable bonds is 3. The van der Waals surface area contributed by atoms with Gasteiger partial charge >= 0.3 is 0 Å². The molecule has 1 heteroatoms. The summed E-state index contributed by atoms with van der Waals surface area (Å²) in [6.45, 7) is 10.1. The van der Waals surface area contributed by atoms with Crippen LogP contribution >= 0.6 is 0 Å². The van der Waals surface area contributed by atoms with Crippen LogP contribution in [0.15, 0.2) is 22.8 Å². The molecule has 1 N–H and O–H groups in total. The smallest absolute Gasteiger partial charge is 0.0317 e. The zero-order valence-electron chi connectivity index (χ0n) is 8.78. The first kappa shape index (κ1) is 11.2. The SMILES string of the molecule is CC(=N)C(CC=C(C)C)=C(C)C. The molecule has 0 amide bonds. The molecule has 0 fully saturated rings. The first-order valence-corrected chi connectivity index (χ1v) is 4.30. The van der Waals surface area contributed by atoms with Crippen molar-refractivity contribution < 1.29 is 0 Å². The Balaban J connectivity index is 4.49. The normalized spacial score (nSPS) is 9.08. The van der Waals surface area contributed by atoms with Gasteiger partial charge in [-0.1, -0.05) is 17.2 Å². The van der Waals surface area contributed by atoms with Gasteiger partial charge in [0.15, 0.2) is 0 Å². The Morgan fingerprint density at radius 2 is 1.58 bits per heavy atom. The van der Waals surface area contributed by atoms with Crippen LogP contribution in [-0.2, 0) is 0 Å². The minimum absolute atomic E-state index is 0.688. The van der Waals surface area contributed by atoms with Crippen LogP contribution in [0.2, 0.25) is 0 Å². The summed E-state index contributed by atoms with van der Waals surface area (Å²) in [5.41, 5.74) is 4.42. The summed E-state index contributed by atoms with van der Waals surface area (Å²) in [7, 11) is 0. The molecule has 0 radical (unpaired) electrons. The van der Waals surface area contributed by atoms with Crippen molar-refractivity contribution in [2.45, 2.75) is 41.0 Å². The van der Waals surface area contributed by atoms with Gasteiger partial charge in [-0.2, -0.15) is 0 Å². The molecule has 0 rings (SSSR count). The van der Waals surface area contributed by atoms with Crippen LogP contribution < -0.4 is 0 Å². The summed E-state index contributed by atoms with van der Waals surface area (Å²) in [6, 6.07) is 0. The summed E-state index contributed by atoms with van der Waals surface area (Å²) >= 11 is 0. The highest BCUT2D eigenvalue weighted by Crippen LogP contribution is 2.11. The van der Waals surface area contributed by atoms with Crippen molar-refractivity contribution in [1.82, 2.24) is 0 Å². The summed E-state index contributed by atoms with van der Waals surface area (Å²) in [6.07, 6.45) is 3.07. The highest BCUT2D eigenvalue weighted by atomic mass is 14.4. The average Bonchev–Trinajstić information content (AvgIpc) is 1.84. The van der Waals surface area contributed by atoms with Gasteiger partial charge < -0.3 is 5.41 Å². The van der Waals surface area contributed by atoms with Crippen LogP contribution in [0.25, 0.3) is 0 Å². The third-order valence-electron chi connectivity index (χ3n) is 1.77. The molecular formula is C11H19N. The Morgan fingerprint density at radius 3 is 1.83 bits per heavy atom. The molecule has 0 aromatic heterocycles. The molecule has 0 heterocycles. The molecule has 0 spiro atoms. The van der Waals surface area contributed by atoms with E-state index in [0.717, 1.165) is 12.0 Å². The lowest BCUT2D eigenvalue weighted by molar-refractivity contribution is 1.17. The van der Waals surface area contributed by atoms with E-state index in [4.69, 9.17) is 5.41 Å². The molecule has 0 atom stereocenters. The monoisotopic (exact) mass is 165 g/mol. The fourth-order valence-corrected chi connectivity index (χ4v) is 1.04. The Hall–Kier alpha value is -0.850. The highest BCUT2D eigenvalue weighted by molar-refractivity contribution is 5.96. The Kier molecular flexibility index (Phi) is 4.57. The quantitative estimate of drug-likeness (QED) is 0.487. The maximum atomic E-state index is 7.54. The zero-order chi connectivity index (χ0) is 9.72. The van der Waals surface area contributed by atoms with Crippen molar-refractivity contribution in [2.24, 2.45) is 0 Å². The first-order valence-electron chi connectivity index (χ1n) is 4.30. The van der Waals surface area contributed by atoms with Gasteiger partial charge in [-0.05, 0) is 46.6 Å². The summed E-state index contributed by atoms with van der Waals surface area (Å²) in [4.78, 5) is 0. The van der Waals surface area contributed by atoms with E-state index in [1.54, 1.807) is 0 Å². The molecule has 0 bridgehead atoms. The van der Waals surface area contributed by atoms with E-state index in [0.29, 0.717) is 5.71 Å². The lowest BCUT2D eigenvalue weighted by Gasteiger charge is -2.05. The van der Waals surface area contributed by atoms with Crippen molar-refractivity contribution in [3.63, 3.8) is 0 Å². The third-order valence-corrected chi connectivity index (χ3v) is 1.77. The van der Waals surface area contributed by atoms with E-state index in [1.165, 1.54) is 11.1 Å². The molecule has 0 aliphatic heterocycles. The van der Waals surface area contributed by atoms with E-state index < -0.39 is 0 Å². The Bertz CT molecular complexity index is 223. The summed E-state index contributed by atoms with van der Waals surface area (Å²) < 4.78 is 0. The number of nitrogens with one attached hydrogen (secondary N) is 1. The van der Waals surface area contributed by atoms with Crippen LogP contribution in [0, 0.1) is 5.41 Å². The maximum absolute atomic E-state index is 7.54. The molecule has 0 aliphatic carbocycles. The molecule has 68 valence electrons. The Labute approximate surface area is 75.7 Å². The van der Waals surface area contributed by atoms with Gasteiger partial charge in [-0.3, -0.25) is 0 Å². The number of hydrogen-bond donors (Lipinski definition) is 1. The molecule has 0 aromatic carbocycles. The average molecular weight is 165 g/mol. The molecule has 0 unspecified atom stereocenters. The van der Waals surface area contributed by atoms with Crippen LogP contribution in [0.1, 0.15) is 41.0 Å². The van der Waals surface area contributed by atoms with E-state index in [-0.39, 0.29) is 0 Å². The standard InChI is InChI=1S/C11H19N/c1-8(2)6-7-11(9(3)4)10(5)12/h6,12H,7H2,1-5H3. The van der Waals surface area contributed by atoms with Gasteiger partial charge in [0.1, 0.15) is 0 Å². The summed E-state index contributed by atoms with van der Waals surface area (Å²) in [5, 5.41) is 7.54.